The minimum Gasteiger partial charge on any atom is -0.497 e. The Balaban J connectivity index is 2.36. The van der Waals surface area contributed by atoms with Crippen molar-refractivity contribution in [2.24, 2.45) is 0 Å². The predicted molar refractivity (Wildman–Crippen MR) is 81.6 cm³/mol. The van der Waals surface area contributed by atoms with Gasteiger partial charge in [0.1, 0.15) is 5.75 Å². The molecule has 20 heavy (non-hydrogen) atoms. The number of methoxy groups -OCH3 is 1. The zero-order chi connectivity index (χ0) is 14.1. The highest BCUT2D eigenvalue weighted by atomic mass is 35.5. The number of pyridine rings is 1. The Morgan fingerprint density at radius 3 is 2.60 bits per heavy atom. The second kappa shape index (κ2) is 5.02. The monoisotopic (exact) mass is 285 g/mol. The van der Waals surface area contributed by atoms with E-state index in [2.05, 4.69) is 4.98 Å². The number of aromatic amines is 1. The molecule has 0 radical (unpaired) electrons. The lowest BCUT2D eigenvalue weighted by atomic mass is 10.0. The Kier molecular flexibility index (Phi) is 3.20. The van der Waals surface area contributed by atoms with E-state index in [4.69, 9.17) is 16.3 Å². The summed E-state index contributed by atoms with van der Waals surface area (Å²) in [6, 6.07) is 14.6. The highest BCUT2D eigenvalue weighted by Gasteiger charge is 2.09. The van der Waals surface area contributed by atoms with Gasteiger partial charge in [-0.2, -0.15) is 0 Å². The van der Waals surface area contributed by atoms with Gasteiger partial charge in [-0.15, -0.1) is 0 Å². The Morgan fingerprint density at radius 1 is 1.05 bits per heavy atom. The molecule has 0 unspecified atom stereocenters. The molecule has 0 amide bonds. The molecule has 4 heteroatoms. The maximum absolute atomic E-state index is 11.8. The van der Waals surface area contributed by atoms with Crippen LogP contribution < -0.4 is 10.3 Å². The first-order valence-electron chi connectivity index (χ1n) is 6.15. The summed E-state index contributed by atoms with van der Waals surface area (Å²) in [5.41, 5.74) is 2.22. The predicted octanol–water partition coefficient (Wildman–Crippen LogP) is 3.86. The SMILES string of the molecule is COc1ccc2c(-c3ccccc3Cl)cc(=O)[nH]c2c1. The minimum atomic E-state index is -0.166. The summed E-state index contributed by atoms with van der Waals surface area (Å²) in [5.74, 6) is 0.699. The fourth-order valence-electron chi connectivity index (χ4n) is 2.27. The summed E-state index contributed by atoms with van der Waals surface area (Å²) >= 11 is 6.23. The van der Waals surface area contributed by atoms with E-state index in [0.29, 0.717) is 10.8 Å². The van der Waals surface area contributed by atoms with Crippen molar-refractivity contribution in [3.8, 4) is 16.9 Å². The Morgan fingerprint density at radius 2 is 1.85 bits per heavy atom. The van der Waals surface area contributed by atoms with Gasteiger partial charge in [0.15, 0.2) is 0 Å². The van der Waals surface area contributed by atoms with Gasteiger partial charge in [-0.3, -0.25) is 4.79 Å². The van der Waals surface area contributed by atoms with E-state index in [-0.39, 0.29) is 5.56 Å². The van der Waals surface area contributed by atoms with E-state index in [1.807, 2.05) is 36.4 Å². The van der Waals surface area contributed by atoms with E-state index >= 15 is 0 Å². The fraction of sp³-hybridized carbons (Fsp3) is 0.0625. The fourth-order valence-corrected chi connectivity index (χ4v) is 2.51. The van der Waals surface area contributed by atoms with Gasteiger partial charge in [0.25, 0.3) is 0 Å². The molecule has 2 aromatic carbocycles. The molecule has 0 fully saturated rings. The number of hydrogen-bond acceptors (Lipinski definition) is 2. The van der Waals surface area contributed by atoms with Crippen LogP contribution in [0.25, 0.3) is 22.0 Å². The third-order valence-corrected chi connectivity index (χ3v) is 3.54. The molecule has 3 rings (SSSR count). The van der Waals surface area contributed by atoms with Gasteiger partial charge in [0.2, 0.25) is 5.56 Å². The van der Waals surface area contributed by atoms with Gasteiger partial charge in [-0.1, -0.05) is 29.8 Å². The summed E-state index contributed by atoms with van der Waals surface area (Å²) in [6.45, 7) is 0. The van der Waals surface area contributed by atoms with Crippen LogP contribution in [0.5, 0.6) is 5.75 Å². The molecule has 100 valence electrons. The quantitative estimate of drug-likeness (QED) is 0.777. The summed E-state index contributed by atoms with van der Waals surface area (Å²) in [7, 11) is 1.59. The number of aromatic nitrogens is 1. The van der Waals surface area contributed by atoms with E-state index in [1.165, 1.54) is 0 Å². The van der Waals surface area contributed by atoms with Gasteiger partial charge in [-0.05, 0) is 23.8 Å². The number of nitrogens with one attached hydrogen (secondary N) is 1. The van der Waals surface area contributed by atoms with Crippen molar-refractivity contribution >= 4 is 22.5 Å². The van der Waals surface area contributed by atoms with Gasteiger partial charge >= 0.3 is 0 Å². The average molecular weight is 286 g/mol. The minimum absolute atomic E-state index is 0.166. The van der Waals surface area contributed by atoms with Crippen LogP contribution in [0.15, 0.2) is 53.3 Å². The van der Waals surface area contributed by atoms with Crippen molar-refractivity contribution in [3.63, 3.8) is 0 Å². The maximum atomic E-state index is 11.8. The number of ether oxygens (including phenoxy) is 1. The molecule has 3 aromatic rings. The molecular weight excluding hydrogens is 274 g/mol. The largest absolute Gasteiger partial charge is 0.497 e. The molecule has 0 aliphatic carbocycles. The van der Waals surface area contributed by atoms with E-state index in [0.717, 1.165) is 22.0 Å². The van der Waals surface area contributed by atoms with Crippen LogP contribution in [0.1, 0.15) is 0 Å². The van der Waals surface area contributed by atoms with Crippen molar-refractivity contribution in [2.75, 3.05) is 7.11 Å². The van der Waals surface area contributed by atoms with Crippen molar-refractivity contribution in [1.82, 2.24) is 4.98 Å². The van der Waals surface area contributed by atoms with Gasteiger partial charge in [-0.25, -0.2) is 0 Å². The molecular formula is C16H12ClNO2. The maximum Gasteiger partial charge on any atom is 0.249 e. The molecule has 0 spiro atoms. The smallest absolute Gasteiger partial charge is 0.249 e. The molecule has 0 saturated heterocycles. The third kappa shape index (κ3) is 2.17. The summed E-state index contributed by atoms with van der Waals surface area (Å²) in [4.78, 5) is 14.7. The molecule has 3 nitrogen and oxygen atoms in total. The van der Waals surface area contributed by atoms with Crippen molar-refractivity contribution in [3.05, 3.63) is 63.9 Å². The van der Waals surface area contributed by atoms with Crippen LogP contribution in [0, 0.1) is 0 Å². The Labute approximate surface area is 120 Å². The number of benzene rings is 2. The topological polar surface area (TPSA) is 42.1 Å². The molecule has 0 atom stereocenters. The molecule has 0 bridgehead atoms. The summed E-state index contributed by atoms with van der Waals surface area (Å²) in [5, 5.41) is 1.55. The van der Waals surface area contributed by atoms with Crippen LogP contribution >= 0.6 is 11.6 Å². The van der Waals surface area contributed by atoms with Gasteiger partial charge < -0.3 is 9.72 Å². The zero-order valence-electron chi connectivity index (χ0n) is 10.8. The highest BCUT2D eigenvalue weighted by molar-refractivity contribution is 6.33. The van der Waals surface area contributed by atoms with E-state index < -0.39 is 0 Å². The van der Waals surface area contributed by atoms with Crippen molar-refractivity contribution < 1.29 is 4.74 Å². The Bertz CT molecular complexity index is 839. The normalized spacial score (nSPS) is 10.7. The lowest BCUT2D eigenvalue weighted by Crippen LogP contribution is -2.05. The molecule has 1 aromatic heterocycles. The van der Waals surface area contributed by atoms with Crippen LogP contribution in [0.4, 0.5) is 0 Å². The second-order valence-electron chi connectivity index (χ2n) is 4.44. The summed E-state index contributed by atoms with van der Waals surface area (Å²) < 4.78 is 5.18. The molecule has 0 aliphatic heterocycles. The van der Waals surface area contributed by atoms with E-state index in [1.54, 1.807) is 19.2 Å². The van der Waals surface area contributed by atoms with Crippen LogP contribution in [-0.4, -0.2) is 12.1 Å². The number of H-pyrrole nitrogens is 1. The van der Waals surface area contributed by atoms with E-state index in [9.17, 15) is 4.79 Å². The Hall–Kier alpha value is -2.26. The number of hydrogen-bond donors (Lipinski definition) is 1. The molecule has 1 N–H and O–H groups in total. The van der Waals surface area contributed by atoms with Gasteiger partial charge in [0, 0.05) is 28.1 Å². The van der Waals surface area contributed by atoms with Crippen LogP contribution in [0.3, 0.4) is 0 Å². The van der Waals surface area contributed by atoms with Crippen LogP contribution in [0.2, 0.25) is 5.02 Å². The van der Waals surface area contributed by atoms with Crippen molar-refractivity contribution in [1.29, 1.82) is 0 Å². The molecule has 0 saturated carbocycles. The number of fused-ring (bicyclic) bond motifs is 1. The molecule has 0 aliphatic rings. The lowest BCUT2D eigenvalue weighted by Gasteiger charge is -2.09. The summed E-state index contributed by atoms with van der Waals surface area (Å²) in [6.07, 6.45) is 0. The second-order valence-corrected chi connectivity index (χ2v) is 4.85. The van der Waals surface area contributed by atoms with Crippen molar-refractivity contribution in [2.45, 2.75) is 0 Å². The lowest BCUT2D eigenvalue weighted by molar-refractivity contribution is 0.415. The average Bonchev–Trinajstić information content (AvgIpc) is 2.46. The number of rotatable bonds is 2. The highest BCUT2D eigenvalue weighted by Crippen LogP contribution is 2.32. The first kappa shape index (κ1) is 12.8. The first-order valence-corrected chi connectivity index (χ1v) is 6.53. The first-order chi connectivity index (χ1) is 9.69. The number of halogens is 1. The third-order valence-electron chi connectivity index (χ3n) is 3.21. The standard InChI is InChI=1S/C16H12ClNO2/c1-20-10-6-7-12-13(9-16(19)18-15(12)8-10)11-4-2-3-5-14(11)17/h2-9H,1H3,(H,18,19). The zero-order valence-corrected chi connectivity index (χ0v) is 11.6. The van der Waals surface area contributed by atoms with Crippen LogP contribution in [-0.2, 0) is 0 Å². The molecule has 1 heterocycles. The van der Waals surface area contributed by atoms with Gasteiger partial charge in [0.05, 0.1) is 12.6 Å².